The number of para-hydroxylation sites is 1. The van der Waals surface area contributed by atoms with Crippen molar-refractivity contribution in [1.29, 1.82) is 0 Å². The average Bonchev–Trinajstić information content (AvgIpc) is 3.26. The lowest BCUT2D eigenvalue weighted by molar-refractivity contribution is 0.248. The molecule has 1 fully saturated rings. The topological polar surface area (TPSA) is 67.2 Å². The van der Waals surface area contributed by atoms with Gasteiger partial charge < -0.3 is 9.73 Å². The highest BCUT2D eigenvalue weighted by Gasteiger charge is 2.18. The van der Waals surface area contributed by atoms with Crippen molar-refractivity contribution in [2.24, 2.45) is 0 Å². The van der Waals surface area contributed by atoms with Gasteiger partial charge in [-0.1, -0.05) is 31.0 Å². The van der Waals surface area contributed by atoms with Crippen LogP contribution in [0, 0.1) is 0 Å². The van der Waals surface area contributed by atoms with Crippen LogP contribution in [0.5, 0.6) is 0 Å². The fourth-order valence-electron chi connectivity index (χ4n) is 2.94. The van der Waals surface area contributed by atoms with Crippen LogP contribution in [0.2, 0.25) is 0 Å². The molecule has 2 heterocycles. The molecule has 2 aromatic heterocycles. The van der Waals surface area contributed by atoms with Gasteiger partial charge in [0.1, 0.15) is 11.3 Å². The van der Waals surface area contributed by atoms with Gasteiger partial charge in [-0.15, -0.1) is 11.3 Å². The number of thiazole rings is 1. The van der Waals surface area contributed by atoms with E-state index in [1.54, 1.807) is 0 Å². The van der Waals surface area contributed by atoms with Crippen molar-refractivity contribution in [2.45, 2.75) is 31.7 Å². The molecule has 0 saturated heterocycles. The molecule has 1 aliphatic carbocycles. The maximum Gasteiger partial charge on any atom is 0.321 e. The fourth-order valence-corrected chi connectivity index (χ4v) is 3.64. The number of fused-ring (bicyclic) bond motifs is 1. The molecule has 118 valence electrons. The van der Waals surface area contributed by atoms with Crippen LogP contribution in [-0.2, 0) is 0 Å². The Hall–Kier alpha value is -2.34. The molecule has 1 aromatic carbocycles. The number of urea groups is 1. The molecule has 1 aliphatic rings. The summed E-state index contributed by atoms with van der Waals surface area (Å²) in [7, 11) is 0. The van der Waals surface area contributed by atoms with Crippen LogP contribution in [0.25, 0.3) is 22.4 Å². The van der Waals surface area contributed by atoms with Crippen LogP contribution >= 0.6 is 11.3 Å². The molecule has 2 amide bonds. The molecule has 6 heteroatoms. The first kappa shape index (κ1) is 14.3. The van der Waals surface area contributed by atoms with Crippen LogP contribution in [0.15, 0.2) is 40.1 Å². The van der Waals surface area contributed by atoms with Crippen LogP contribution in [-0.4, -0.2) is 17.1 Å². The van der Waals surface area contributed by atoms with Gasteiger partial charge in [-0.25, -0.2) is 9.78 Å². The Kier molecular flexibility index (Phi) is 3.75. The molecule has 0 atom stereocenters. The number of amides is 2. The normalized spacial score (nSPS) is 15.1. The summed E-state index contributed by atoms with van der Waals surface area (Å²) in [4.78, 5) is 16.4. The smallest absolute Gasteiger partial charge is 0.321 e. The molecule has 2 N–H and O–H groups in total. The number of nitrogens with one attached hydrogen (secondary N) is 2. The third kappa shape index (κ3) is 3.07. The third-order valence-electron chi connectivity index (χ3n) is 4.09. The number of nitrogens with zero attached hydrogens (tertiary/aromatic N) is 1. The second-order valence-corrected chi connectivity index (χ2v) is 6.62. The van der Waals surface area contributed by atoms with Gasteiger partial charge in [0.2, 0.25) is 0 Å². The van der Waals surface area contributed by atoms with E-state index in [-0.39, 0.29) is 6.03 Å². The third-order valence-corrected chi connectivity index (χ3v) is 4.85. The summed E-state index contributed by atoms with van der Waals surface area (Å²) in [6.45, 7) is 0. The number of rotatable bonds is 3. The quantitative estimate of drug-likeness (QED) is 0.737. The number of carbonyl (C=O) groups excluding carboxylic acids is 1. The number of aromatic nitrogens is 1. The van der Waals surface area contributed by atoms with E-state index in [1.165, 1.54) is 24.2 Å². The van der Waals surface area contributed by atoms with Crippen LogP contribution in [0.3, 0.4) is 0 Å². The lowest BCUT2D eigenvalue weighted by Crippen LogP contribution is -2.36. The predicted octanol–water partition coefficient (Wildman–Crippen LogP) is 4.62. The van der Waals surface area contributed by atoms with Crippen LogP contribution in [0.1, 0.15) is 25.7 Å². The highest BCUT2D eigenvalue weighted by molar-refractivity contribution is 7.14. The zero-order chi connectivity index (χ0) is 15.6. The molecule has 5 nitrogen and oxygen atoms in total. The Bertz CT molecular complexity index is 800. The van der Waals surface area contributed by atoms with Crippen molar-refractivity contribution >= 4 is 33.5 Å². The Labute approximate surface area is 137 Å². The standard InChI is InChI=1S/C17H17N3O2S/c21-16(18-12-6-2-3-7-12)20-17-19-13(10-23-17)15-9-11-5-1-4-8-14(11)22-15/h1,4-5,8-10,12H,2-3,6-7H2,(H2,18,19,20,21). The fraction of sp³-hybridized carbons (Fsp3) is 0.294. The summed E-state index contributed by atoms with van der Waals surface area (Å²) in [5, 5.41) is 9.32. The highest BCUT2D eigenvalue weighted by Crippen LogP contribution is 2.30. The Morgan fingerprint density at radius 2 is 2.09 bits per heavy atom. The van der Waals surface area contributed by atoms with Crippen molar-refractivity contribution in [3.63, 3.8) is 0 Å². The minimum Gasteiger partial charge on any atom is -0.454 e. The monoisotopic (exact) mass is 327 g/mol. The summed E-state index contributed by atoms with van der Waals surface area (Å²) >= 11 is 1.40. The van der Waals surface area contributed by atoms with Crippen LogP contribution < -0.4 is 10.6 Å². The largest absolute Gasteiger partial charge is 0.454 e. The summed E-state index contributed by atoms with van der Waals surface area (Å²) in [6.07, 6.45) is 4.52. The lowest BCUT2D eigenvalue weighted by atomic mass is 10.2. The summed E-state index contributed by atoms with van der Waals surface area (Å²) in [5.41, 5.74) is 1.58. The minimum atomic E-state index is -0.178. The first-order chi connectivity index (χ1) is 11.3. The SMILES string of the molecule is O=C(Nc1nc(-c2cc3ccccc3o2)cs1)NC1CCCC1. The zero-order valence-electron chi connectivity index (χ0n) is 12.5. The van der Waals surface area contributed by atoms with Crippen molar-refractivity contribution in [1.82, 2.24) is 10.3 Å². The lowest BCUT2D eigenvalue weighted by Gasteiger charge is -2.11. The summed E-state index contributed by atoms with van der Waals surface area (Å²) < 4.78 is 5.80. The Morgan fingerprint density at radius 3 is 2.91 bits per heavy atom. The molecule has 23 heavy (non-hydrogen) atoms. The van der Waals surface area contributed by atoms with Gasteiger partial charge in [0.25, 0.3) is 0 Å². The highest BCUT2D eigenvalue weighted by atomic mass is 32.1. The van der Waals surface area contributed by atoms with Gasteiger partial charge in [-0.3, -0.25) is 5.32 Å². The molecule has 3 aromatic rings. The van der Waals surface area contributed by atoms with E-state index in [9.17, 15) is 4.79 Å². The number of carbonyl (C=O) groups is 1. The summed E-state index contributed by atoms with van der Waals surface area (Å²) in [5.74, 6) is 0.715. The molecular formula is C17H17N3O2S. The van der Waals surface area contributed by atoms with Gasteiger partial charge in [-0.05, 0) is 25.0 Å². The van der Waals surface area contributed by atoms with Crippen molar-refractivity contribution in [3.8, 4) is 11.5 Å². The van der Waals surface area contributed by atoms with Gasteiger partial charge in [0, 0.05) is 16.8 Å². The van der Waals surface area contributed by atoms with E-state index in [4.69, 9.17) is 4.42 Å². The summed E-state index contributed by atoms with van der Waals surface area (Å²) in [6, 6.07) is 9.93. The molecule has 0 radical (unpaired) electrons. The number of furan rings is 1. The maximum absolute atomic E-state index is 12.0. The van der Waals surface area contributed by atoms with Gasteiger partial charge >= 0.3 is 6.03 Å². The van der Waals surface area contributed by atoms with Gasteiger partial charge in [-0.2, -0.15) is 0 Å². The predicted molar refractivity (Wildman–Crippen MR) is 91.7 cm³/mol. The number of hydrogen-bond acceptors (Lipinski definition) is 4. The number of hydrogen-bond donors (Lipinski definition) is 2. The molecule has 0 aliphatic heterocycles. The Morgan fingerprint density at radius 1 is 1.26 bits per heavy atom. The second-order valence-electron chi connectivity index (χ2n) is 5.77. The van der Waals surface area contributed by atoms with Crippen molar-refractivity contribution in [3.05, 3.63) is 35.7 Å². The van der Waals surface area contributed by atoms with Gasteiger partial charge in [0.15, 0.2) is 10.9 Å². The molecule has 0 unspecified atom stereocenters. The molecule has 0 spiro atoms. The number of anilines is 1. The van der Waals surface area contributed by atoms with Gasteiger partial charge in [0.05, 0.1) is 0 Å². The Balaban J connectivity index is 1.46. The first-order valence-electron chi connectivity index (χ1n) is 7.80. The molecular weight excluding hydrogens is 310 g/mol. The molecule has 4 rings (SSSR count). The number of benzene rings is 1. The second kappa shape index (κ2) is 6.04. The van der Waals surface area contributed by atoms with E-state index in [0.29, 0.717) is 16.9 Å². The average molecular weight is 327 g/mol. The zero-order valence-corrected chi connectivity index (χ0v) is 13.4. The molecule has 1 saturated carbocycles. The van der Waals surface area contributed by atoms with E-state index >= 15 is 0 Å². The van der Waals surface area contributed by atoms with E-state index in [1.807, 2.05) is 35.7 Å². The first-order valence-corrected chi connectivity index (χ1v) is 8.68. The van der Waals surface area contributed by atoms with E-state index in [2.05, 4.69) is 15.6 Å². The van der Waals surface area contributed by atoms with Crippen molar-refractivity contribution in [2.75, 3.05) is 5.32 Å². The van der Waals surface area contributed by atoms with E-state index in [0.717, 1.165) is 29.5 Å². The minimum absolute atomic E-state index is 0.178. The van der Waals surface area contributed by atoms with Crippen LogP contribution in [0.4, 0.5) is 9.93 Å². The molecule has 0 bridgehead atoms. The van der Waals surface area contributed by atoms with Crippen molar-refractivity contribution < 1.29 is 9.21 Å². The maximum atomic E-state index is 12.0. The van der Waals surface area contributed by atoms with E-state index < -0.39 is 0 Å².